The molecule has 102 valence electrons. The number of carboxylic acid groups (broad SMARTS) is 1. The van der Waals surface area contributed by atoms with Crippen molar-refractivity contribution in [2.24, 2.45) is 5.73 Å². The molecule has 0 bridgehead atoms. The third-order valence-corrected chi connectivity index (χ3v) is 3.21. The number of thiol groups is 1. The van der Waals surface area contributed by atoms with Crippen LogP contribution in [0.2, 0.25) is 0 Å². The summed E-state index contributed by atoms with van der Waals surface area (Å²) in [6.45, 7) is 0.325. The summed E-state index contributed by atoms with van der Waals surface area (Å²) in [5, 5.41) is 11.2. The van der Waals surface area contributed by atoms with Gasteiger partial charge in [0.2, 0.25) is 11.8 Å². The zero-order valence-corrected chi connectivity index (χ0v) is 10.7. The van der Waals surface area contributed by atoms with Gasteiger partial charge in [-0.15, -0.1) is 0 Å². The molecule has 1 aliphatic rings. The second-order valence-corrected chi connectivity index (χ2v) is 4.40. The second kappa shape index (κ2) is 6.60. The van der Waals surface area contributed by atoms with Crippen molar-refractivity contribution < 1.29 is 19.5 Å². The van der Waals surface area contributed by atoms with Crippen LogP contribution in [0.3, 0.4) is 0 Å². The highest BCUT2D eigenvalue weighted by Crippen LogP contribution is 2.17. The topological polar surface area (TPSA) is 113 Å². The fraction of sp³-hybridized carbons (Fsp3) is 0.700. The van der Waals surface area contributed by atoms with Gasteiger partial charge in [-0.2, -0.15) is 12.6 Å². The Bertz CT molecular complexity index is 350. The van der Waals surface area contributed by atoms with E-state index in [2.05, 4.69) is 17.9 Å². The molecule has 2 atom stereocenters. The molecule has 0 unspecified atom stereocenters. The summed E-state index contributed by atoms with van der Waals surface area (Å²) in [6, 6.07) is -1.67. The van der Waals surface area contributed by atoms with Crippen molar-refractivity contribution in [2.75, 3.05) is 18.8 Å². The number of nitrogens with one attached hydrogen (secondary N) is 1. The molecule has 8 heteroatoms. The van der Waals surface area contributed by atoms with E-state index in [1.54, 1.807) is 0 Å². The van der Waals surface area contributed by atoms with E-state index in [4.69, 9.17) is 10.8 Å². The Kier molecular flexibility index (Phi) is 5.42. The minimum absolute atomic E-state index is 0.00136. The van der Waals surface area contributed by atoms with E-state index >= 15 is 0 Å². The molecular weight excluding hydrogens is 258 g/mol. The van der Waals surface area contributed by atoms with Crippen LogP contribution in [0.4, 0.5) is 0 Å². The molecule has 0 aliphatic carbocycles. The van der Waals surface area contributed by atoms with Gasteiger partial charge in [-0.1, -0.05) is 0 Å². The molecule has 0 aromatic rings. The minimum Gasteiger partial charge on any atom is -0.480 e. The Morgan fingerprint density at radius 1 is 1.50 bits per heavy atom. The van der Waals surface area contributed by atoms with E-state index < -0.39 is 24.0 Å². The largest absolute Gasteiger partial charge is 0.480 e. The van der Waals surface area contributed by atoms with Crippen LogP contribution in [-0.2, 0) is 14.4 Å². The summed E-state index contributed by atoms with van der Waals surface area (Å²) in [5.41, 5.74) is 5.26. The Morgan fingerprint density at radius 2 is 2.17 bits per heavy atom. The standard InChI is InChI=1S/C10H17N3O4S/c11-4-8(14)13-3-1-2-7(13)9(15)12-6(5-18)10(16)17/h6-7,18H,1-5,11H2,(H,12,15)(H,16,17)/t6-,7-/m0/s1. The van der Waals surface area contributed by atoms with Crippen molar-refractivity contribution in [3.63, 3.8) is 0 Å². The monoisotopic (exact) mass is 275 g/mol. The van der Waals surface area contributed by atoms with Crippen molar-refractivity contribution in [1.29, 1.82) is 0 Å². The number of nitrogens with zero attached hydrogens (tertiary/aromatic N) is 1. The van der Waals surface area contributed by atoms with Crippen molar-refractivity contribution in [3.8, 4) is 0 Å². The van der Waals surface area contributed by atoms with Crippen molar-refractivity contribution >= 4 is 30.4 Å². The molecule has 0 radical (unpaired) electrons. The first kappa shape index (κ1) is 14.8. The molecule has 1 saturated heterocycles. The van der Waals surface area contributed by atoms with Gasteiger partial charge in [0.25, 0.3) is 0 Å². The summed E-state index contributed by atoms with van der Waals surface area (Å²) >= 11 is 3.86. The number of carbonyl (C=O) groups excluding carboxylic acids is 2. The first-order valence-electron chi connectivity index (χ1n) is 5.64. The Hall–Kier alpha value is -1.28. The van der Waals surface area contributed by atoms with E-state index in [0.29, 0.717) is 19.4 Å². The molecule has 7 nitrogen and oxygen atoms in total. The maximum absolute atomic E-state index is 11.9. The molecule has 0 aromatic heterocycles. The maximum atomic E-state index is 11.9. The normalized spacial score (nSPS) is 20.6. The van der Waals surface area contributed by atoms with Gasteiger partial charge in [0.1, 0.15) is 12.1 Å². The molecule has 1 aliphatic heterocycles. The number of carboxylic acids is 1. The highest BCUT2D eigenvalue weighted by Gasteiger charge is 2.34. The molecule has 1 rings (SSSR count). The van der Waals surface area contributed by atoms with Gasteiger partial charge in [-0.05, 0) is 12.8 Å². The predicted molar refractivity (Wildman–Crippen MR) is 67.2 cm³/mol. The van der Waals surface area contributed by atoms with Crippen LogP contribution in [-0.4, -0.2) is 58.7 Å². The number of carbonyl (C=O) groups is 3. The van der Waals surface area contributed by atoms with Gasteiger partial charge in [0.05, 0.1) is 6.54 Å². The maximum Gasteiger partial charge on any atom is 0.327 e. The number of likely N-dealkylation sites (tertiary alicyclic amines) is 1. The fourth-order valence-electron chi connectivity index (χ4n) is 1.91. The molecule has 0 spiro atoms. The minimum atomic E-state index is -1.15. The van der Waals surface area contributed by atoms with Crippen molar-refractivity contribution in [1.82, 2.24) is 10.2 Å². The van der Waals surface area contributed by atoms with Crippen LogP contribution in [0.15, 0.2) is 0 Å². The zero-order chi connectivity index (χ0) is 13.7. The third-order valence-electron chi connectivity index (χ3n) is 2.85. The quantitative estimate of drug-likeness (QED) is 0.453. The number of hydrogen-bond acceptors (Lipinski definition) is 5. The molecule has 1 fully saturated rings. The van der Waals surface area contributed by atoms with Gasteiger partial charge in [0.15, 0.2) is 0 Å². The highest BCUT2D eigenvalue weighted by atomic mass is 32.1. The first-order valence-corrected chi connectivity index (χ1v) is 6.28. The third kappa shape index (κ3) is 3.36. The lowest BCUT2D eigenvalue weighted by Crippen LogP contribution is -2.52. The second-order valence-electron chi connectivity index (χ2n) is 4.03. The number of nitrogens with two attached hydrogens (primary N) is 1. The van der Waals surface area contributed by atoms with Gasteiger partial charge in [-0.3, -0.25) is 9.59 Å². The molecule has 2 amide bonds. The molecule has 18 heavy (non-hydrogen) atoms. The number of rotatable bonds is 5. The Labute approximate surface area is 110 Å². The summed E-state index contributed by atoms with van der Waals surface area (Å²) < 4.78 is 0. The highest BCUT2D eigenvalue weighted by molar-refractivity contribution is 7.80. The summed E-state index contributed by atoms with van der Waals surface area (Å²) in [7, 11) is 0. The molecular formula is C10H17N3O4S. The van der Waals surface area contributed by atoms with Crippen molar-refractivity contribution in [2.45, 2.75) is 24.9 Å². The van der Waals surface area contributed by atoms with E-state index in [9.17, 15) is 14.4 Å². The van der Waals surface area contributed by atoms with E-state index in [-0.39, 0.29) is 18.2 Å². The summed E-state index contributed by atoms with van der Waals surface area (Å²) in [4.78, 5) is 35.6. The summed E-state index contributed by atoms with van der Waals surface area (Å²) in [6.07, 6.45) is 1.24. The van der Waals surface area contributed by atoms with Crippen LogP contribution in [0, 0.1) is 0 Å². The zero-order valence-electron chi connectivity index (χ0n) is 9.83. The SMILES string of the molecule is NCC(=O)N1CCC[C@H]1C(=O)N[C@@H](CS)C(=O)O. The van der Waals surface area contributed by atoms with Crippen LogP contribution in [0.1, 0.15) is 12.8 Å². The molecule has 1 heterocycles. The van der Waals surface area contributed by atoms with Crippen molar-refractivity contribution in [3.05, 3.63) is 0 Å². The Balaban J connectivity index is 2.65. The lowest BCUT2D eigenvalue weighted by molar-refractivity contribution is -0.143. The Morgan fingerprint density at radius 3 is 2.67 bits per heavy atom. The summed E-state index contributed by atoms with van der Waals surface area (Å²) in [5.74, 6) is -1.91. The van der Waals surface area contributed by atoms with Gasteiger partial charge in [0, 0.05) is 12.3 Å². The van der Waals surface area contributed by atoms with Gasteiger partial charge < -0.3 is 21.1 Å². The van der Waals surface area contributed by atoms with Crippen LogP contribution in [0.5, 0.6) is 0 Å². The lowest BCUT2D eigenvalue weighted by atomic mass is 10.2. The van der Waals surface area contributed by atoms with Gasteiger partial charge in [-0.25, -0.2) is 4.79 Å². The number of amides is 2. The first-order chi connectivity index (χ1) is 8.51. The molecule has 0 saturated carbocycles. The number of aliphatic carboxylic acids is 1. The average Bonchev–Trinajstić information content (AvgIpc) is 2.83. The van der Waals surface area contributed by atoms with E-state index in [0.717, 1.165) is 0 Å². The van der Waals surface area contributed by atoms with E-state index in [1.807, 2.05) is 0 Å². The van der Waals surface area contributed by atoms with E-state index in [1.165, 1.54) is 4.90 Å². The number of hydrogen-bond donors (Lipinski definition) is 4. The van der Waals surface area contributed by atoms with Crippen LogP contribution < -0.4 is 11.1 Å². The smallest absolute Gasteiger partial charge is 0.327 e. The van der Waals surface area contributed by atoms with Crippen LogP contribution >= 0.6 is 12.6 Å². The van der Waals surface area contributed by atoms with Crippen LogP contribution in [0.25, 0.3) is 0 Å². The molecule has 4 N–H and O–H groups in total. The molecule has 0 aromatic carbocycles. The fourth-order valence-corrected chi connectivity index (χ4v) is 2.16. The van der Waals surface area contributed by atoms with Gasteiger partial charge >= 0.3 is 5.97 Å². The lowest BCUT2D eigenvalue weighted by Gasteiger charge is -2.24. The predicted octanol–water partition coefficient (Wildman–Crippen LogP) is -1.56. The average molecular weight is 275 g/mol.